The van der Waals surface area contributed by atoms with Crippen molar-refractivity contribution in [3.05, 3.63) is 358 Å². The maximum atomic E-state index is 2.53. The van der Waals surface area contributed by atoms with Gasteiger partial charge in [-0.15, -0.1) is 0 Å². The summed E-state index contributed by atoms with van der Waals surface area (Å²) < 4.78 is 0. The second-order valence-electron chi connectivity index (χ2n) is 23.3. The van der Waals surface area contributed by atoms with Gasteiger partial charge in [0.2, 0.25) is 0 Å². The van der Waals surface area contributed by atoms with Gasteiger partial charge >= 0.3 is 0 Å². The van der Waals surface area contributed by atoms with Crippen molar-refractivity contribution in [2.75, 3.05) is 9.80 Å². The summed E-state index contributed by atoms with van der Waals surface area (Å²) in [5, 5.41) is 7.38. The Labute approximate surface area is 492 Å². The molecule has 14 aromatic rings. The Morgan fingerprint density at radius 1 is 0.238 bits per heavy atom. The van der Waals surface area contributed by atoms with E-state index < -0.39 is 10.8 Å². The Morgan fingerprint density at radius 3 is 0.857 bits per heavy atom. The second kappa shape index (κ2) is 19.2. The van der Waals surface area contributed by atoms with Gasteiger partial charge in [-0.1, -0.05) is 255 Å². The summed E-state index contributed by atoms with van der Waals surface area (Å²) in [6.45, 7) is 9.02. The van der Waals surface area contributed by atoms with Crippen LogP contribution in [-0.4, -0.2) is 0 Å². The van der Waals surface area contributed by atoms with Crippen LogP contribution >= 0.6 is 0 Å². The fourth-order valence-electron chi connectivity index (χ4n) is 15.4. The van der Waals surface area contributed by atoms with Crippen molar-refractivity contribution in [2.24, 2.45) is 0 Å². The zero-order valence-corrected chi connectivity index (χ0v) is 47.6. The standard InChI is InChI=1S/C82H60N2/c1-53-21-19-22-54(2)79(53)83(63-45-41-61(42-46-63)81(59-25-7-5-8-26-59)71-33-15-11-29-65(71)66-30-12-16-34-72(66)81)75-51-39-57-38-50-70-76(52-40-58-37-49-69(75)77(57)78(58)70)84(80-55(3)23-20-24-56(80)4)64-47-43-62(44-48-64)82(60-27-9-6-10-28-60)73-35-17-13-31-67(73)68-32-14-18-36-74(68)82/h5-52H,1-4H3. The molecule has 0 unspecified atom stereocenters. The molecule has 0 amide bonds. The van der Waals surface area contributed by atoms with E-state index in [1.54, 1.807) is 0 Å². The lowest BCUT2D eigenvalue weighted by Gasteiger charge is -2.35. The molecule has 16 rings (SSSR count). The Kier molecular flexibility index (Phi) is 11.3. The normalized spacial score (nSPS) is 13.4. The minimum atomic E-state index is -0.493. The Bertz CT molecular complexity index is 4440. The van der Waals surface area contributed by atoms with E-state index in [0.29, 0.717) is 0 Å². The van der Waals surface area contributed by atoms with E-state index in [9.17, 15) is 0 Å². The number of fused-ring (bicyclic) bond motifs is 6. The molecule has 0 N–H and O–H groups in total. The predicted molar refractivity (Wildman–Crippen MR) is 353 cm³/mol. The summed E-state index contributed by atoms with van der Waals surface area (Å²) in [6, 6.07) is 109. The van der Waals surface area contributed by atoms with E-state index in [-0.39, 0.29) is 0 Å². The quantitative estimate of drug-likeness (QED) is 0.126. The molecule has 0 saturated heterocycles. The van der Waals surface area contributed by atoms with Crippen LogP contribution in [0.4, 0.5) is 34.1 Å². The molecule has 2 nitrogen and oxygen atoms in total. The highest BCUT2D eigenvalue weighted by molar-refractivity contribution is 6.28. The maximum absolute atomic E-state index is 2.53. The second-order valence-corrected chi connectivity index (χ2v) is 23.3. The molecule has 0 aliphatic heterocycles. The number of aryl methyl sites for hydroxylation is 4. The van der Waals surface area contributed by atoms with E-state index in [1.807, 2.05) is 0 Å². The highest BCUT2D eigenvalue weighted by atomic mass is 15.2. The average molecular weight is 1070 g/mol. The van der Waals surface area contributed by atoms with Crippen molar-refractivity contribution in [3.8, 4) is 22.3 Å². The summed E-state index contributed by atoms with van der Waals surface area (Å²) >= 11 is 0. The zero-order valence-electron chi connectivity index (χ0n) is 47.6. The van der Waals surface area contributed by atoms with Gasteiger partial charge < -0.3 is 9.80 Å². The van der Waals surface area contributed by atoms with Crippen LogP contribution in [0.25, 0.3) is 54.6 Å². The molecule has 2 aliphatic carbocycles. The molecule has 0 fully saturated rings. The van der Waals surface area contributed by atoms with Crippen molar-refractivity contribution in [1.29, 1.82) is 0 Å². The Morgan fingerprint density at radius 2 is 0.524 bits per heavy atom. The molecule has 398 valence electrons. The molecule has 0 spiro atoms. The summed E-state index contributed by atoms with van der Waals surface area (Å²) in [4.78, 5) is 5.06. The number of para-hydroxylation sites is 2. The fourth-order valence-corrected chi connectivity index (χ4v) is 15.4. The molecular weight excluding hydrogens is 1010 g/mol. The molecule has 14 aromatic carbocycles. The lowest BCUT2D eigenvalue weighted by atomic mass is 9.67. The first-order valence-electron chi connectivity index (χ1n) is 29.5. The van der Waals surface area contributed by atoms with Gasteiger partial charge in [-0.2, -0.15) is 0 Å². The van der Waals surface area contributed by atoms with E-state index in [0.717, 1.165) is 22.7 Å². The van der Waals surface area contributed by atoms with Gasteiger partial charge in [-0.05, 0) is 175 Å². The van der Waals surface area contributed by atoms with Crippen LogP contribution in [0.15, 0.2) is 291 Å². The van der Waals surface area contributed by atoms with E-state index in [1.165, 1.54) is 133 Å². The number of nitrogens with zero attached hydrogens (tertiary/aromatic N) is 2. The highest BCUT2D eigenvalue weighted by Crippen LogP contribution is 2.59. The van der Waals surface area contributed by atoms with Crippen molar-refractivity contribution < 1.29 is 0 Å². The number of anilines is 6. The van der Waals surface area contributed by atoms with Gasteiger partial charge in [0.15, 0.2) is 0 Å². The summed E-state index contributed by atoms with van der Waals surface area (Å²) in [5.41, 5.74) is 26.2. The Hall–Kier alpha value is -10.3. The van der Waals surface area contributed by atoms with Gasteiger partial charge in [0.25, 0.3) is 0 Å². The van der Waals surface area contributed by atoms with Gasteiger partial charge in [0.1, 0.15) is 0 Å². The third kappa shape index (κ3) is 7.04. The van der Waals surface area contributed by atoms with Gasteiger partial charge in [-0.25, -0.2) is 0 Å². The lowest BCUT2D eigenvalue weighted by molar-refractivity contribution is 0.768. The maximum Gasteiger partial charge on any atom is 0.0713 e. The molecule has 2 aliphatic rings. The predicted octanol–water partition coefficient (Wildman–Crippen LogP) is 21.5. The first-order valence-corrected chi connectivity index (χ1v) is 29.5. The highest BCUT2D eigenvalue weighted by Gasteiger charge is 2.47. The molecular formula is C82H60N2. The number of rotatable bonds is 10. The van der Waals surface area contributed by atoms with Gasteiger partial charge in [0.05, 0.1) is 33.6 Å². The van der Waals surface area contributed by atoms with Crippen molar-refractivity contribution in [1.82, 2.24) is 0 Å². The lowest BCUT2D eigenvalue weighted by Crippen LogP contribution is -2.28. The molecule has 84 heavy (non-hydrogen) atoms. The first-order chi connectivity index (χ1) is 41.3. The smallest absolute Gasteiger partial charge is 0.0713 e. The van der Waals surface area contributed by atoms with E-state index >= 15 is 0 Å². The zero-order chi connectivity index (χ0) is 56.3. The third-order valence-electron chi connectivity index (χ3n) is 18.9. The monoisotopic (exact) mass is 1070 g/mol. The number of hydrogen-bond acceptors (Lipinski definition) is 2. The van der Waals surface area contributed by atoms with Crippen molar-refractivity contribution in [3.63, 3.8) is 0 Å². The summed E-state index contributed by atoms with van der Waals surface area (Å²) in [7, 11) is 0. The van der Waals surface area contributed by atoms with Crippen LogP contribution in [-0.2, 0) is 10.8 Å². The van der Waals surface area contributed by atoms with Crippen LogP contribution in [0.2, 0.25) is 0 Å². The van der Waals surface area contributed by atoms with Crippen LogP contribution in [0.5, 0.6) is 0 Å². The van der Waals surface area contributed by atoms with Crippen LogP contribution in [0, 0.1) is 27.7 Å². The van der Waals surface area contributed by atoms with Crippen molar-refractivity contribution in [2.45, 2.75) is 38.5 Å². The molecule has 0 atom stereocenters. The molecule has 2 heteroatoms. The molecule has 0 heterocycles. The first kappa shape index (κ1) is 49.5. The fraction of sp³-hybridized carbons (Fsp3) is 0.0732. The molecule has 0 radical (unpaired) electrons. The van der Waals surface area contributed by atoms with Crippen LogP contribution in [0.3, 0.4) is 0 Å². The number of benzene rings is 14. The van der Waals surface area contributed by atoms with Crippen LogP contribution < -0.4 is 9.80 Å². The van der Waals surface area contributed by atoms with Crippen molar-refractivity contribution >= 4 is 66.4 Å². The van der Waals surface area contributed by atoms with E-state index in [2.05, 4.69) is 329 Å². The SMILES string of the molecule is Cc1cccc(C)c1N(c1ccc(C2(c3ccccc3)c3ccccc3-c3ccccc32)cc1)c1ccc2ccc3c(N(c4ccc(C5(c6ccccc6)c6ccccc6-c6ccccc65)cc4)c4c(C)cccc4C)ccc4ccc1c2c43. The largest absolute Gasteiger partial charge is 0.309 e. The molecule has 0 aromatic heterocycles. The topological polar surface area (TPSA) is 6.48 Å². The number of hydrogen-bond donors (Lipinski definition) is 0. The Balaban J connectivity index is 0.879. The van der Waals surface area contributed by atoms with Gasteiger partial charge in [0, 0.05) is 22.1 Å². The minimum Gasteiger partial charge on any atom is -0.309 e. The molecule has 0 bridgehead atoms. The minimum absolute atomic E-state index is 0.493. The van der Waals surface area contributed by atoms with E-state index in [4.69, 9.17) is 0 Å². The third-order valence-corrected chi connectivity index (χ3v) is 18.9. The summed E-state index contributed by atoms with van der Waals surface area (Å²) in [6.07, 6.45) is 0. The van der Waals surface area contributed by atoms with Gasteiger partial charge in [-0.3, -0.25) is 0 Å². The summed E-state index contributed by atoms with van der Waals surface area (Å²) in [5.74, 6) is 0. The van der Waals surface area contributed by atoms with Crippen LogP contribution in [0.1, 0.15) is 66.8 Å². The molecule has 0 saturated carbocycles. The average Bonchev–Trinajstić information content (AvgIpc) is 1.66.